The molecule has 0 fully saturated rings. The van der Waals surface area contributed by atoms with Crippen LogP contribution in [0.3, 0.4) is 0 Å². The van der Waals surface area contributed by atoms with Gasteiger partial charge in [0, 0.05) is 31.2 Å². The Morgan fingerprint density at radius 2 is 1.54 bits per heavy atom. The van der Waals surface area contributed by atoms with Crippen molar-refractivity contribution in [1.29, 1.82) is 0 Å². The molecule has 0 spiro atoms. The zero-order chi connectivity index (χ0) is 24.5. The topological polar surface area (TPSA) is 65.9 Å². The number of fused-ring (bicyclic) bond motifs is 1. The van der Waals surface area contributed by atoms with Crippen molar-refractivity contribution in [1.82, 2.24) is 14.8 Å². The molecule has 1 amide bonds. The number of likely N-dealkylation sites (N-methyl/N-ethyl adjacent to an activating group) is 1. The minimum Gasteiger partial charge on any atom is -0.490 e. The highest BCUT2D eigenvalue weighted by atomic mass is 16.5. The van der Waals surface area contributed by atoms with Crippen LogP contribution in [0, 0.1) is 0 Å². The Hall–Kier alpha value is -3.74. The van der Waals surface area contributed by atoms with Gasteiger partial charge in [0.15, 0.2) is 0 Å². The van der Waals surface area contributed by atoms with Crippen molar-refractivity contribution in [2.75, 3.05) is 26.7 Å². The zero-order valence-electron chi connectivity index (χ0n) is 20.0. The summed E-state index contributed by atoms with van der Waals surface area (Å²) < 4.78 is 5.88. The van der Waals surface area contributed by atoms with E-state index < -0.39 is 6.10 Å². The van der Waals surface area contributed by atoms with Crippen LogP contribution in [0.15, 0.2) is 97.2 Å². The van der Waals surface area contributed by atoms with E-state index in [0.29, 0.717) is 25.4 Å². The molecule has 0 saturated carbocycles. The summed E-state index contributed by atoms with van der Waals surface area (Å²) >= 11 is 0. The van der Waals surface area contributed by atoms with Crippen LogP contribution in [0.25, 0.3) is 10.9 Å². The van der Waals surface area contributed by atoms with Crippen LogP contribution >= 0.6 is 0 Å². The maximum absolute atomic E-state index is 13.2. The maximum atomic E-state index is 13.2. The Morgan fingerprint density at radius 3 is 2.20 bits per heavy atom. The van der Waals surface area contributed by atoms with Crippen LogP contribution in [0.4, 0.5) is 0 Å². The molecule has 0 bridgehead atoms. The first-order valence-electron chi connectivity index (χ1n) is 11.8. The van der Waals surface area contributed by atoms with Gasteiger partial charge in [-0.05, 0) is 42.4 Å². The molecule has 1 heterocycles. The molecular formula is C29H31N3O3. The summed E-state index contributed by atoms with van der Waals surface area (Å²) in [4.78, 5) is 21.3. The number of hydrogen-bond donors (Lipinski definition) is 1. The number of aliphatic hydroxyl groups excluding tert-OH is 1. The van der Waals surface area contributed by atoms with Crippen LogP contribution in [0.1, 0.15) is 11.1 Å². The fourth-order valence-corrected chi connectivity index (χ4v) is 4.03. The number of ether oxygens (including phenoxy) is 1. The highest BCUT2D eigenvalue weighted by Gasteiger charge is 2.19. The first kappa shape index (κ1) is 24.4. The lowest BCUT2D eigenvalue weighted by molar-refractivity contribution is -0.133. The number of benzene rings is 3. The monoisotopic (exact) mass is 469 g/mol. The smallest absolute Gasteiger partial charge is 0.237 e. The lowest BCUT2D eigenvalue weighted by Gasteiger charge is -2.27. The minimum atomic E-state index is -0.739. The number of hydrogen-bond acceptors (Lipinski definition) is 5. The predicted octanol–water partition coefficient (Wildman–Crippen LogP) is 4.14. The number of amides is 1. The Morgan fingerprint density at radius 1 is 0.886 bits per heavy atom. The molecule has 35 heavy (non-hydrogen) atoms. The molecule has 4 aromatic rings. The third kappa shape index (κ3) is 7.12. The number of aliphatic hydroxyl groups is 1. The summed E-state index contributed by atoms with van der Waals surface area (Å²) in [5.41, 5.74) is 3.01. The summed E-state index contributed by atoms with van der Waals surface area (Å²) in [5, 5.41) is 11.5. The fraction of sp³-hybridized carbons (Fsp3) is 0.241. The van der Waals surface area contributed by atoms with Gasteiger partial charge in [-0.2, -0.15) is 0 Å². The predicted molar refractivity (Wildman–Crippen MR) is 138 cm³/mol. The molecule has 3 aromatic carbocycles. The van der Waals surface area contributed by atoms with Crippen LogP contribution in [0.2, 0.25) is 0 Å². The SMILES string of the molecule is CN(CC(=O)N(Cc1ccccc1)Cc1ccccc1)CC(O)COc1cccc2ncccc12. The van der Waals surface area contributed by atoms with Gasteiger partial charge in [0.1, 0.15) is 18.5 Å². The van der Waals surface area contributed by atoms with Gasteiger partial charge in [-0.25, -0.2) is 0 Å². The summed E-state index contributed by atoms with van der Waals surface area (Å²) in [5.74, 6) is 0.693. The number of pyridine rings is 1. The molecule has 0 aliphatic rings. The summed E-state index contributed by atoms with van der Waals surface area (Å²) in [7, 11) is 1.84. The average Bonchev–Trinajstić information content (AvgIpc) is 2.88. The van der Waals surface area contributed by atoms with Crippen molar-refractivity contribution >= 4 is 16.8 Å². The number of rotatable bonds is 11. The zero-order valence-corrected chi connectivity index (χ0v) is 20.0. The fourth-order valence-electron chi connectivity index (χ4n) is 4.03. The largest absolute Gasteiger partial charge is 0.490 e. The molecule has 6 heteroatoms. The van der Waals surface area contributed by atoms with E-state index in [1.807, 2.05) is 108 Å². The van der Waals surface area contributed by atoms with E-state index in [1.165, 1.54) is 0 Å². The lowest BCUT2D eigenvalue weighted by atomic mass is 10.1. The van der Waals surface area contributed by atoms with Crippen LogP contribution in [-0.2, 0) is 17.9 Å². The van der Waals surface area contributed by atoms with E-state index in [2.05, 4.69) is 4.98 Å². The normalized spacial score (nSPS) is 12.0. The Balaban J connectivity index is 1.33. The van der Waals surface area contributed by atoms with Crippen molar-refractivity contribution in [3.05, 3.63) is 108 Å². The van der Waals surface area contributed by atoms with Crippen molar-refractivity contribution in [3.63, 3.8) is 0 Å². The molecule has 1 N–H and O–H groups in total. The highest BCUT2D eigenvalue weighted by Crippen LogP contribution is 2.23. The highest BCUT2D eigenvalue weighted by molar-refractivity contribution is 5.84. The van der Waals surface area contributed by atoms with Crippen molar-refractivity contribution < 1.29 is 14.6 Å². The number of carbonyl (C=O) groups is 1. The van der Waals surface area contributed by atoms with Crippen molar-refractivity contribution in [2.24, 2.45) is 0 Å². The van der Waals surface area contributed by atoms with E-state index >= 15 is 0 Å². The second-order valence-electron chi connectivity index (χ2n) is 8.71. The van der Waals surface area contributed by atoms with Gasteiger partial charge < -0.3 is 14.7 Å². The molecule has 0 aliphatic heterocycles. The third-order valence-electron chi connectivity index (χ3n) is 5.75. The number of carbonyl (C=O) groups excluding carboxylic acids is 1. The van der Waals surface area contributed by atoms with Gasteiger partial charge in [-0.15, -0.1) is 0 Å². The summed E-state index contributed by atoms with van der Waals surface area (Å²) in [6.45, 7) is 1.71. The first-order chi connectivity index (χ1) is 17.1. The summed E-state index contributed by atoms with van der Waals surface area (Å²) in [6.07, 6.45) is 1.00. The summed E-state index contributed by atoms with van der Waals surface area (Å²) in [6, 6.07) is 29.5. The van der Waals surface area contributed by atoms with Gasteiger partial charge in [0.25, 0.3) is 0 Å². The maximum Gasteiger partial charge on any atom is 0.237 e. The molecule has 1 aromatic heterocycles. The second kappa shape index (κ2) is 12.1. The van der Waals surface area contributed by atoms with E-state index in [4.69, 9.17) is 4.74 Å². The van der Waals surface area contributed by atoms with Crippen molar-refractivity contribution in [2.45, 2.75) is 19.2 Å². The van der Waals surface area contributed by atoms with E-state index in [-0.39, 0.29) is 19.1 Å². The molecule has 1 unspecified atom stereocenters. The lowest BCUT2D eigenvalue weighted by Crippen LogP contribution is -2.41. The molecule has 0 radical (unpaired) electrons. The van der Waals surface area contributed by atoms with E-state index in [1.54, 1.807) is 6.20 Å². The minimum absolute atomic E-state index is 0.00783. The Labute approximate surface area is 206 Å². The average molecular weight is 470 g/mol. The molecule has 0 aliphatic carbocycles. The van der Waals surface area contributed by atoms with Crippen LogP contribution < -0.4 is 4.74 Å². The van der Waals surface area contributed by atoms with Crippen molar-refractivity contribution in [3.8, 4) is 5.75 Å². The standard InChI is InChI=1S/C29H31N3O3/c1-31(20-25(33)22-35-28-16-8-15-27-26(28)14-9-17-30-27)21-29(34)32(18-23-10-4-2-5-11-23)19-24-12-6-3-7-13-24/h2-17,25,33H,18-22H2,1H3. The van der Waals surface area contributed by atoms with Crippen LogP contribution in [0.5, 0.6) is 5.75 Å². The van der Waals surface area contributed by atoms with E-state index in [9.17, 15) is 9.90 Å². The molecule has 180 valence electrons. The number of nitrogens with zero attached hydrogens (tertiary/aromatic N) is 3. The molecule has 0 saturated heterocycles. The van der Waals surface area contributed by atoms with Crippen LogP contribution in [-0.4, -0.2) is 58.6 Å². The number of aromatic nitrogens is 1. The molecular weight excluding hydrogens is 438 g/mol. The van der Waals surface area contributed by atoms with E-state index in [0.717, 1.165) is 22.0 Å². The second-order valence-corrected chi connectivity index (χ2v) is 8.71. The van der Waals surface area contributed by atoms with Gasteiger partial charge >= 0.3 is 0 Å². The Bertz CT molecular complexity index is 1170. The van der Waals surface area contributed by atoms with Gasteiger partial charge in [0.2, 0.25) is 5.91 Å². The quantitative estimate of drug-likeness (QED) is 0.358. The third-order valence-corrected chi connectivity index (χ3v) is 5.75. The Kier molecular flexibility index (Phi) is 8.44. The van der Waals surface area contributed by atoms with Gasteiger partial charge in [0.05, 0.1) is 12.1 Å². The van der Waals surface area contributed by atoms with Gasteiger partial charge in [-0.1, -0.05) is 66.7 Å². The first-order valence-corrected chi connectivity index (χ1v) is 11.8. The molecule has 1 atom stereocenters. The molecule has 4 rings (SSSR count). The van der Waals surface area contributed by atoms with Gasteiger partial charge in [-0.3, -0.25) is 14.7 Å². The molecule has 6 nitrogen and oxygen atoms in total.